The summed E-state index contributed by atoms with van der Waals surface area (Å²) in [5.74, 6) is -1.92. The normalized spacial score (nSPS) is 21.5. The Morgan fingerprint density at radius 3 is 2.89 bits per heavy atom. The molecule has 1 heterocycles. The number of likely N-dealkylation sites (tertiary alicyclic amines) is 1. The lowest BCUT2D eigenvalue weighted by atomic mass is 10.1. The van der Waals surface area contributed by atoms with E-state index in [1.807, 2.05) is 0 Å². The van der Waals surface area contributed by atoms with Crippen LogP contribution in [0.3, 0.4) is 0 Å². The average Bonchev–Trinajstić information content (AvgIpc) is 2.76. The van der Waals surface area contributed by atoms with E-state index in [1.54, 1.807) is 4.90 Å². The van der Waals surface area contributed by atoms with Crippen LogP contribution in [0.15, 0.2) is 18.2 Å². The fourth-order valence-corrected chi connectivity index (χ4v) is 2.46. The second-order valence-electron chi connectivity index (χ2n) is 4.74. The maximum atomic E-state index is 13.5. The summed E-state index contributed by atoms with van der Waals surface area (Å²) < 4.78 is 26.3. The number of aliphatic hydroxyl groups is 1. The van der Waals surface area contributed by atoms with Gasteiger partial charge >= 0.3 is 0 Å². The van der Waals surface area contributed by atoms with Crippen LogP contribution in [0.2, 0.25) is 0 Å². The molecule has 104 valence electrons. The van der Waals surface area contributed by atoms with Gasteiger partial charge in [0.2, 0.25) is 5.91 Å². The highest BCUT2D eigenvalue weighted by Crippen LogP contribution is 2.23. The summed E-state index contributed by atoms with van der Waals surface area (Å²) in [5.41, 5.74) is 5.29. The zero-order chi connectivity index (χ0) is 14.0. The van der Waals surface area contributed by atoms with Crippen molar-refractivity contribution < 1.29 is 18.7 Å². The minimum absolute atomic E-state index is 0.0246. The first-order valence-corrected chi connectivity index (χ1v) is 6.15. The molecule has 1 saturated heterocycles. The predicted octanol–water partition coefficient (Wildman–Crippen LogP) is 0.948. The average molecular weight is 270 g/mol. The monoisotopic (exact) mass is 270 g/mol. The molecule has 0 saturated carbocycles. The van der Waals surface area contributed by atoms with E-state index in [9.17, 15) is 18.7 Å². The largest absolute Gasteiger partial charge is 0.387 e. The second-order valence-corrected chi connectivity index (χ2v) is 4.74. The molecule has 6 heteroatoms. The SMILES string of the molecule is NC(=O)C1CCCN1CC(O)c1ccc(F)cc1F. The summed E-state index contributed by atoms with van der Waals surface area (Å²) in [6.07, 6.45) is 0.348. The van der Waals surface area contributed by atoms with Crippen LogP contribution in [-0.2, 0) is 4.79 Å². The molecule has 1 aliphatic rings. The fraction of sp³-hybridized carbons (Fsp3) is 0.462. The highest BCUT2D eigenvalue weighted by molar-refractivity contribution is 5.80. The van der Waals surface area contributed by atoms with Gasteiger partial charge in [-0.2, -0.15) is 0 Å². The molecule has 2 unspecified atom stereocenters. The highest BCUT2D eigenvalue weighted by Gasteiger charge is 2.31. The first-order chi connectivity index (χ1) is 8.99. The Bertz CT molecular complexity index is 482. The van der Waals surface area contributed by atoms with E-state index in [0.29, 0.717) is 13.0 Å². The van der Waals surface area contributed by atoms with Crippen LogP contribution in [0.1, 0.15) is 24.5 Å². The summed E-state index contributed by atoms with van der Waals surface area (Å²) >= 11 is 0. The summed E-state index contributed by atoms with van der Waals surface area (Å²) in [7, 11) is 0. The third-order valence-corrected chi connectivity index (χ3v) is 3.42. The second kappa shape index (κ2) is 5.63. The Balaban J connectivity index is 2.08. The van der Waals surface area contributed by atoms with E-state index in [1.165, 1.54) is 6.07 Å². The lowest BCUT2D eigenvalue weighted by Crippen LogP contribution is -2.42. The lowest BCUT2D eigenvalue weighted by Gasteiger charge is -2.24. The van der Waals surface area contributed by atoms with Gasteiger partial charge in [0, 0.05) is 18.2 Å². The van der Waals surface area contributed by atoms with Gasteiger partial charge in [0.15, 0.2) is 0 Å². The number of nitrogens with zero attached hydrogens (tertiary/aromatic N) is 1. The minimum Gasteiger partial charge on any atom is -0.387 e. The molecular formula is C13H16F2N2O2. The van der Waals surface area contributed by atoms with E-state index >= 15 is 0 Å². The van der Waals surface area contributed by atoms with Gasteiger partial charge in [-0.3, -0.25) is 9.69 Å². The summed E-state index contributed by atoms with van der Waals surface area (Å²) in [4.78, 5) is 12.9. The molecule has 3 N–H and O–H groups in total. The van der Waals surface area contributed by atoms with Crippen LogP contribution in [0.5, 0.6) is 0 Å². The van der Waals surface area contributed by atoms with Gasteiger partial charge in [0.1, 0.15) is 11.6 Å². The van der Waals surface area contributed by atoms with Gasteiger partial charge in [-0.1, -0.05) is 6.07 Å². The predicted molar refractivity (Wildman–Crippen MR) is 65.1 cm³/mol. The molecule has 0 aromatic heterocycles. The number of carbonyl (C=O) groups is 1. The smallest absolute Gasteiger partial charge is 0.234 e. The van der Waals surface area contributed by atoms with E-state index in [2.05, 4.69) is 0 Å². The maximum Gasteiger partial charge on any atom is 0.234 e. The van der Waals surface area contributed by atoms with Gasteiger partial charge in [-0.25, -0.2) is 8.78 Å². The van der Waals surface area contributed by atoms with E-state index < -0.39 is 29.7 Å². The number of aliphatic hydroxyl groups excluding tert-OH is 1. The van der Waals surface area contributed by atoms with Gasteiger partial charge < -0.3 is 10.8 Å². The topological polar surface area (TPSA) is 66.6 Å². The molecule has 1 amide bonds. The lowest BCUT2D eigenvalue weighted by molar-refractivity contribution is -0.122. The molecule has 0 bridgehead atoms. The van der Waals surface area contributed by atoms with Crippen molar-refractivity contribution in [3.63, 3.8) is 0 Å². The molecule has 4 nitrogen and oxygen atoms in total. The van der Waals surface area contributed by atoms with Gasteiger partial charge in [0.25, 0.3) is 0 Å². The Morgan fingerprint density at radius 1 is 1.53 bits per heavy atom. The zero-order valence-electron chi connectivity index (χ0n) is 10.4. The molecule has 2 rings (SSSR count). The van der Waals surface area contributed by atoms with Crippen molar-refractivity contribution in [1.82, 2.24) is 4.90 Å². The van der Waals surface area contributed by atoms with E-state index in [4.69, 9.17) is 5.73 Å². The first kappa shape index (κ1) is 13.9. The van der Waals surface area contributed by atoms with Crippen molar-refractivity contribution in [3.05, 3.63) is 35.4 Å². The van der Waals surface area contributed by atoms with Crippen LogP contribution < -0.4 is 5.73 Å². The van der Waals surface area contributed by atoms with Crippen molar-refractivity contribution >= 4 is 5.91 Å². The third kappa shape index (κ3) is 3.08. The number of rotatable bonds is 4. The molecule has 0 radical (unpaired) electrons. The number of β-amino-alcohol motifs (C(OH)–C–C–N with tert-alkyl or cyclic N) is 1. The third-order valence-electron chi connectivity index (χ3n) is 3.42. The fourth-order valence-electron chi connectivity index (χ4n) is 2.46. The number of primary amides is 1. The highest BCUT2D eigenvalue weighted by atomic mass is 19.1. The van der Waals surface area contributed by atoms with Crippen LogP contribution >= 0.6 is 0 Å². The maximum absolute atomic E-state index is 13.5. The van der Waals surface area contributed by atoms with Crippen LogP contribution in [0, 0.1) is 11.6 Å². The van der Waals surface area contributed by atoms with Gasteiger partial charge in [-0.15, -0.1) is 0 Å². The van der Waals surface area contributed by atoms with Crippen LogP contribution in [0.25, 0.3) is 0 Å². The molecule has 19 heavy (non-hydrogen) atoms. The van der Waals surface area contributed by atoms with Crippen molar-refractivity contribution in [2.75, 3.05) is 13.1 Å². The molecule has 1 aromatic carbocycles. The molecule has 1 aromatic rings. The summed E-state index contributed by atoms with van der Waals surface area (Å²) in [6.45, 7) is 0.740. The Hall–Kier alpha value is -1.53. The summed E-state index contributed by atoms with van der Waals surface area (Å²) in [6, 6.07) is 2.62. The standard InChI is InChI=1S/C13H16F2N2O2/c14-8-3-4-9(10(15)6-8)12(18)7-17-5-1-2-11(17)13(16)19/h3-4,6,11-12,18H,1-2,5,7H2,(H2,16,19). The molecule has 1 fully saturated rings. The van der Waals surface area contributed by atoms with Gasteiger partial charge in [0.05, 0.1) is 12.1 Å². The number of hydrogen-bond donors (Lipinski definition) is 2. The van der Waals surface area contributed by atoms with E-state index in [-0.39, 0.29) is 12.1 Å². The van der Waals surface area contributed by atoms with Gasteiger partial charge in [-0.05, 0) is 25.5 Å². The molecule has 2 atom stereocenters. The number of benzene rings is 1. The van der Waals surface area contributed by atoms with Crippen LogP contribution in [-0.4, -0.2) is 35.0 Å². The minimum atomic E-state index is -1.11. The van der Waals surface area contributed by atoms with Crippen molar-refractivity contribution in [1.29, 1.82) is 0 Å². The first-order valence-electron chi connectivity index (χ1n) is 6.15. The molecule has 0 spiro atoms. The molecule has 1 aliphatic heterocycles. The quantitative estimate of drug-likeness (QED) is 0.856. The number of halogens is 2. The molecular weight excluding hydrogens is 254 g/mol. The number of amides is 1. The van der Waals surface area contributed by atoms with Crippen molar-refractivity contribution in [3.8, 4) is 0 Å². The van der Waals surface area contributed by atoms with Crippen LogP contribution in [0.4, 0.5) is 8.78 Å². The zero-order valence-corrected chi connectivity index (χ0v) is 10.4. The Kier molecular flexibility index (Phi) is 4.11. The number of carbonyl (C=O) groups excluding carboxylic acids is 1. The van der Waals surface area contributed by atoms with Crippen molar-refractivity contribution in [2.45, 2.75) is 25.0 Å². The van der Waals surface area contributed by atoms with Crippen molar-refractivity contribution in [2.24, 2.45) is 5.73 Å². The number of nitrogens with two attached hydrogens (primary N) is 1. The molecule has 0 aliphatic carbocycles. The Labute approximate surface area is 109 Å². The van der Waals surface area contributed by atoms with E-state index in [0.717, 1.165) is 18.6 Å². The number of hydrogen-bond acceptors (Lipinski definition) is 3. The summed E-state index contributed by atoms with van der Waals surface area (Å²) in [5, 5.41) is 10.00. The Morgan fingerprint density at radius 2 is 2.26 bits per heavy atom.